The minimum Gasteiger partial charge on any atom is -0.279 e. The van der Waals surface area contributed by atoms with Crippen LogP contribution in [-0.2, 0) is 4.84 Å². The van der Waals surface area contributed by atoms with E-state index in [1.807, 2.05) is 0 Å². The van der Waals surface area contributed by atoms with Gasteiger partial charge in [0.2, 0.25) is 0 Å². The normalized spacial score (nSPS) is 9.30. The highest BCUT2D eigenvalue weighted by Gasteiger charge is 1.98. The highest BCUT2D eigenvalue weighted by Crippen LogP contribution is 1.91. The lowest BCUT2D eigenvalue weighted by molar-refractivity contribution is 0.147. The van der Waals surface area contributed by atoms with Gasteiger partial charge in [0.05, 0.1) is 12.8 Å². The van der Waals surface area contributed by atoms with Crippen LogP contribution in [0.2, 0.25) is 0 Å². The molecule has 0 bridgehead atoms. The lowest BCUT2D eigenvalue weighted by Crippen LogP contribution is -2.20. The van der Waals surface area contributed by atoms with Gasteiger partial charge in [-0.1, -0.05) is 12.2 Å². The summed E-state index contributed by atoms with van der Waals surface area (Å²) < 4.78 is 0. The zero-order valence-electron chi connectivity index (χ0n) is 5.42. The second-order valence-corrected chi connectivity index (χ2v) is 2.01. The van der Waals surface area contributed by atoms with E-state index in [4.69, 9.17) is 12.2 Å². The molecule has 0 radical (unpaired) electrons. The Morgan fingerprint density at radius 1 is 1.90 bits per heavy atom. The molecule has 0 aliphatic rings. The van der Waals surface area contributed by atoms with Gasteiger partial charge in [0.15, 0.2) is 0 Å². The maximum absolute atomic E-state index is 4.87. The molecule has 1 rings (SSSR count). The van der Waals surface area contributed by atoms with Crippen molar-refractivity contribution in [2.75, 3.05) is 7.11 Å². The Morgan fingerprint density at radius 3 is 3.20 bits per heavy atom. The summed E-state index contributed by atoms with van der Waals surface area (Å²) in [5, 5.41) is 6.41. The molecule has 2 N–H and O–H groups in total. The summed E-state index contributed by atoms with van der Waals surface area (Å²) in [7, 11) is 1.50. The van der Waals surface area contributed by atoms with Crippen molar-refractivity contribution in [2.45, 2.75) is 0 Å². The molecule has 0 fully saturated rings. The summed E-state index contributed by atoms with van der Waals surface area (Å²) in [6.45, 7) is 0. The summed E-state index contributed by atoms with van der Waals surface area (Å²) in [6.07, 6.45) is 1.62. The highest BCUT2D eigenvalue weighted by atomic mass is 32.1. The summed E-state index contributed by atoms with van der Waals surface area (Å²) in [5.41, 5.74) is 3.26. The van der Waals surface area contributed by atoms with Gasteiger partial charge in [-0.15, -0.1) is 0 Å². The van der Waals surface area contributed by atoms with Gasteiger partial charge in [0.25, 0.3) is 0 Å². The van der Waals surface area contributed by atoms with Crippen molar-refractivity contribution < 1.29 is 4.84 Å². The van der Waals surface area contributed by atoms with Crippen LogP contribution in [0.5, 0.6) is 0 Å². The molecule has 1 heterocycles. The van der Waals surface area contributed by atoms with Gasteiger partial charge in [-0.2, -0.15) is 5.10 Å². The molecule has 0 amide bonds. The number of nitrogens with zero attached hydrogens (tertiary/aromatic N) is 1. The molecule has 5 heteroatoms. The van der Waals surface area contributed by atoms with Gasteiger partial charge in [-0.25, -0.2) is 0 Å². The minimum atomic E-state index is 0.500. The summed E-state index contributed by atoms with van der Waals surface area (Å²) in [6, 6.07) is 1.76. The van der Waals surface area contributed by atoms with E-state index in [9.17, 15) is 0 Å². The minimum absolute atomic E-state index is 0.500. The molecule has 1 aromatic rings. The average molecular weight is 157 g/mol. The zero-order valence-corrected chi connectivity index (χ0v) is 6.23. The lowest BCUT2D eigenvalue weighted by Gasteiger charge is -1.99. The number of rotatable bonds is 2. The number of aromatic amines is 1. The largest absolute Gasteiger partial charge is 0.279 e. The average Bonchev–Trinajstić information content (AvgIpc) is 2.38. The molecule has 1 aromatic heterocycles. The van der Waals surface area contributed by atoms with Gasteiger partial charge >= 0.3 is 0 Å². The first-order chi connectivity index (χ1) is 4.84. The van der Waals surface area contributed by atoms with Gasteiger partial charge < -0.3 is 0 Å². The first-order valence-electron chi connectivity index (χ1n) is 2.67. The molecule has 54 valence electrons. The molecule has 4 nitrogen and oxygen atoms in total. The smallest absolute Gasteiger partial charge is 0.148 e. The number of aromatic nitrogens is 2. The van der Waals surface area contributed by atoms with Crippen molar-refractivity contribution >= 4 is 17.2 Å². The Hall–Kier alpha value is -0.940. The molecular formula is C5H7N3OS. The van der Waals surface area contributed by atoms with Crippen molar-refractivity contribution in [1.29, 1.82) is 0 Å². The fourth-order valence-electron chi connectivity index (χ4n) is 0.530. The number of H-pyrrole nitrogens is 1. The summed E-state index contributed by atoms with van der Waals surface area (Å²) >= 11 is 4.87. The molecule has 0 aliphatic heterocycles. The van der Waals surface area contributed by atoms with Crippen molar-refractivity contribution in [2.24, 2.45) is 0 Å². The van der Waals surface area contributed by atoms with E-state index in [2.05, 4.69) is 20.5 Å². The van der Waals surface area contributed by atoms with Crippen molar-refractivity contribution in [3.05, 3.63) is 18.0 Å². The van der Waals surface area contributed by atoms with E-state index >= 15 is 0 Å². The SMILES string of the molecule is CONC(=S)c1ccn[nH]1. The quantitative estimate of drug-likeness (QED) is 0.477. The number of hydrogen-bond acceptors (Lipinski definition) is 3. The van der Waals surface area contributed by atoms with Crippen molar-refractivity contribution in [1.82, 2.24) is 15.7 Å². The van der Waals surface area contributed by atoms with E-state index < -0.39 is 0 Å². The predicted molar refractivity (Wildman–Crippen MR) is 40.4 cm³/mol. The number of hydrogen-bond donors (Lipinski definition) is 2. The van der Waals surface area contributed by atoms with Gasteiger partial charge in [-0.3, -0.25) is 15.4 Å². The van der Waals surface area contributed by atoms with Crippen LogP contribution in [0.25, 0.3) is 0 Å². The van der Waals surface area contributed by atoms with Crippen LogP contribution in [0.1, 0.15) is 5.69 Å². The van der Waals surface area contributed by atoms with E-state index in [-0.39, 0.29) is 0 Å². The number of nitrogens with one attached hydrogen (secondary N) is 2. The fraction of sp³-hybridized carbons (Fsp3) is 0.200. The highest BCUT2D eigenvalue weighted by molar-refractivity contribution is 7.80. The summed E-state index contributed by atoms with van der Waals surface area (Å²) in [4.78, 5) is 5.09. The molecule has 0 saturated heterocycles. The molecule has 0 aliphatic carbocycles. The van der Waals surface area contributed by atoms with E-state index in [1.54, 1.807) is 12.3 Å². The van der Waals surface area contributed by atoms with Crippen molar-refractivity contribution in [3.63, 3.8) is 0 Å². The van der Waals surface area contributed by atoms with Gasteiger partial charge in [-0.05, 0) is 6.07 Å². The summed E-state index contributed by atoms with van der Waals surface area (Å²) in [5.74, 6) is 0. The third-order valence-corrected chi connectivity index (χ3v) is 1.24. The molecule has 0 unspecified atom stereocenters. The Labute approximate surface area is 63.5 Å². The van der Waals surface area contributed by atoms with Gasteiger partial charge in [0, 0.05) is 6.20 Å². The Balaban J connectivity index is 2.59. The first kappa shape index (κ1) is 7.17. The van der Waals surface area contributed by atoms with E-state index in [0.29, 0.717) is 4.99 Å². The topological polar surface area (TPSA) is 49.9 Å². The molecule has 0 saturated carbocycles. The first-order valence-corrected chi connectivity index (χ1v) is 3.08. The van der Waals surface area contributed by atoms with Crippen LogP contribution in [-0.4, -0.2) is 22.3 Å². The van der Waals surface area contributed by atoms with Crippen LogP contribution >= 0.6 is 12.2 Å². The maximum atomic E-state index is 4.87. The standard InChI is InChI=1S/C5H7N3OS/c1-9-8-5(10)4-2-3-6-7-4/h2-3H,1H3,(H,6,7)(H,8,10). The fourth-order valence-corrected chi connectivity index (χ4v) is 0.727. The van der Waals surface area contributed by atoms with E-state index in [0.717, 1.165) is 5.69 Å². The van der Waals surface area contributed by atoms with Crippen LogP contribution in [0.15, 0.2) is 12.3 Å². The number of thiocarbonyl (C=S) groups is 1. The second kappa shape index (κ2) is 3.28. The molecule has 0 atom stereocenters. The Bertz CT molecular complexity index is 209. The van der Waals surface area contributed by atoms with E-state index in [1.165, 1.54) is 7.11 Å². The third kappa shape index (κ3) is 1.52. The molecular weight excluding hydrogens is 150 g/mol. The molecule has 0 spiro atoms. The van der Waals surface area contributed by atoms with Crippen molar-refractivity contribution in [3.8, 4) is 0 Å². The maximum Gasteiger partial charge on any atom is 0.148 e. The predicted octanol–water partition coefficient (Wildman–Crippen LogP) is 0.236. The Morgan fingerprint density at radius 2 is 2.70 bits per heavy atom. The Kier molecular flexibility index (Phi) is 2.35. The van der Waals surface area contributed by atoms with Crippen LogP contribution in [0.4, 0.5) is 0 Å². The van der Waals surface area contributed by atoms with Gasteiger partial charge in [0.1, 0.15) is 4.99 Å². The monoisotopic (exact) mass is 157 g/mol. The zero-order chi connectivity index (χ0) is 7.40. The number of hydroxylamine groups is 1. The molecule has 0 aromatic carbocycles. The van der Waals surface area contributed by atoms with Crippen LogP contribution in [0, 0.1) is 0 Å². The van der Waals surface area contributed by atoms with Crippen LogP contribution in [0.3, 0.4) is 0 Å². The lowest BCUT2D eigenvalue weighted by atomic mass is 10.4. The second-order valence-electron chi connectivity index (χ2n) is 1.61. The third-order valence-electron chi connectivity index (χ3n) is 0.940. The molecule has 10 heavy (non-hydrogen) atoms. The van der Waals surface area contributed by atoms with Crippen LogP contribution < -0.4 is 5.48 Å².